The molecule has 8 heteroatoms. The number of rotatable bonds is 7. The normalized spacial score (nSPS) is 11.5. The number of amides is 1. The van der Waals surface area contributed by atoms with E-state index in [1.54, 1.807) is 34.8 Å². The standard InChI is InChI=1S/C19H17F3N2OS2/c20-19(21,22)18(25)24-15-5-3-13(4-6-15)14-10-17(27-12-14)11-23-8-7-16-2-1-9-26-16/h1-6,9-10,12,23H,7-8,11H2,(H,24,25). The highest BCUT2D eigenvalue weighted by Gasteiger charge is 2.38. The summed E-state index contributed by atoms with van der Waals surface area (Å²) in [5, 5.41) is 9.34. The van der Waals surface area contributed by atoms with Crippen LogP contribution in [0.5, 0.6) is 0 Å². The molecule has 0 saturated carbocycles. The van der Waals surface area contributed by atoms with Crippen LogP contribution in [0.25, 0.3) is 11.1 Å². The van der Waals surface area contributed by atoms with Gasteiger partial charge in [0.2, 0.25) is 0 Å². The Morgan fingerprint density at radius 3 is 2.44 bits per heavy atom. The van der Waals surface area contributed by atoms with Crippen molar-refractivity contribution >= 4 is 34.3 Å². The summed E-state index contributed by atoms with van der Waals surface area (Å²) in [6.07, 6.45) is -3.89. The molecule has 142 valence electrons. The van der Waals surface area contributed by atoms with Gasteiger partial charge in [0.05, 0.1) is 0 Å². The van der Waals surface area contributed by atoms with Gasteiger partial charge >= 0.3 is 12.1 Å². The zero-order chi connectivity index (χ0) is 19.3. The molecule has 0 aliphatic carbocycles. The van der Waals surface area contributed by atoms with E-state index in [1.807, 2.05) is 16.8 Å². The van der Waals surface area contributed by atoms with E-state index in [2.05, 4.69) is 22.8 Å². The lowest BCUT2D eigenvalue weighted by atomic mass is 10.1. The maximum atomic E-state index is 12.3. The number of anilines is 1. The Morgan fingerprint density at radius 1 is 1.00 bits per heavy atom. The molecule has 1 amide bonds. The number of carbonyl (C=O) groups excluding carboxylic acids is 1. The molecule has 0 fully saturated rings. The molecule has 27 heavy (non-hydrogen) atoms. The third kappa shape index (κ3) is 5.66. The van der Waals surface area contributed by atoms with Crippen LogP contribution in [0, 0.1) is 0 Å². The van der Waals surface area contributed by atoms with Crippen molar-refractivity contribution in [2.75, 3.05) is 11.9 Å². The Kier molecular flexibility index (Phi) is 6.30. The molecule has 0 aliphatic rings. The molecule has 2 N–H and O–H groups in total. The van der Waals surface area contributed by atoms with Gasteiger partial charge in [-0.3, -0.25) is 4.79 Å². The molecule has 1 aromatic carbocycles. The molecule has 3 rings (SSSR count). The van der Waals surface area contributed by atoms with Gasteiger partial charge in [-0.1, -0.05) is 18.2 Å². The fourth-order valence-corrected chi connectivity index (χ4v) is 4.02. The maximum absolute atomic E-state index is 12.3. The largest absolute Gasteiger partial charge is 0.471 e. The molecule has 0 radical (unpaired) electrons. The number of alkyl halides is 3. The van der Waals surface area contributed by atoms with Crippen molar-refractivity contribution in [3.63, 3.8) is 0 Å². The van der Waals surface area contributed by atoms with Gasteiger partial charge in [0, 0.05) is 28.5 Å². The lowest BCUT2D eigenvalue weighted by molar-refractivity contribution is -0.167. The number of carbonyl (C=O) groups is 1. The minimum Gasteiger partial charge on any atom is -0.318 e. The van der Waals surface area contributed by atoms with E-state index >= 15 is 0 Å². The highest BCUT2D eigenvalue weighted by Crippen LogP contribution is 2.27. The first-order valence-corrected chi connectivity index (χ1v) is 9.97. The Labute approximate surface area is 162 Å². The number of halogens is 3. The van der Waals surface area contributed by atoms with Crippen LogP contribution in [-0.4, -0.2) is 18.6 Å². The fourth-order valence-electron chi connectivity index (χ4n) is 2.45. The fraction of sp³-hybridized carbons (Fsp3) is 0.211. The second-order valence-electron chi connectivity index (χ2n) is 5.84. The molecular formula is C19H17F3N2OS2. The van der Waals surface area contributed by atoms with Crippen LogP contribution in [0.2, 0.25) is 0 Å². The van der Waals surface area contributed by atoms with E-state index in [4.69, 9.17) is 0 Å². The molecule has 0 aliphatic heterocycles. The van der Waals surface area contributed by atoms with Gasteiger partial charge in [0.1, 0.15) is 0 Å². The van der Waals surface area contributed by atoms with E-state index in [9.17, 15) is 18.0 Å². The molecule has 0 spiro atoms. The Hall–Kier alpha value is -2.16. The van der Waals surface area contributed by atoms with E-state index in [1.165, 1.54) is 21.9 Å². The van der Waals surface area contributed by atoms with E-state index in [0.717, 1.165) is 30.6 Å². The molecule has 3 aromatic rings. The highest BCUT2D eigenvalue weighted by molar-refractivity contribution is 7.10. The van der Waals surface area contributed by atoms with Gasteiger partial charge in [0.25, 0.3) is 0 Å². The Bertz CT molecular complexity index is 871. The molecule has 0 unspecified atom stereocenters. The number of benzene rings is 1. The predicted octanol–water partition coefficient (Wildman–Crippen LogP) is 5.31. The zero-order valence-corrected chi connectivity index (χ0v) is 15.8. The van der Waals surface area contributed by atoms with Crippen LogP contribution in [0.15, 0.2) is 53.2 Å². The average Bonchev–Trinajstić information content (AvgIpc) is 3.30. The lowest BCUT2D eigenvalue weighted by Crippen LogP contribution is -2.29. The maximum Gasteiger partial charge on any atom is 0.471 e. The van der Waals surface area contributed by atoms with Crippen LogP contribution < -0.4 is 10.6 Å². The van der Waals surface area contributed by atoms with Crippen LogP contribution in [0.3, 0.4) is 0 Å². The van der Waals surface area contributed by atoms with Crippen LogP contribution in [0.1, 0.15) is 9.75 Å². The molecule has 0 saturated heterocycles. The number of thiophene rings is 2. The van der Waals surface area contributed by atoms with Gasteiger partial charge in [-0.05, 0) is 52.6 Å². The second-order valence-corrected chi connectivity index (χ2v) is 7.87. The summed E-state index contributed by atoms with van der Waals surface area (Å²) < 4.78 is 36.8. The summed E-state index contributed by atoms with van der Waals surface area (Å²) >= 11 is 3.38. The third-order valence-electron chi connectivity index (χ3n) is 3.81. The quantitative estimate of drug-likeness (QED) is 0.518. The first-order chi connectivity index (χ1) is 12.9. The van der Waals surface area contributed by atoms with Crippen LogP contribution in [-0.2, 0) is 17.8 Å². The smallest absolute Gasteiger partial charge is 0.318 e. The van der Waals surface area contributed by atoms with Crippen molar-refractivity contribution in [2.24, 2.45) is 0 Å². The molecule has 0 atom stereocenters. The van der Waals surface area contributed by atoms with Crippen molar-refractivity contribution in [1.82, 2.24) is 5.32 Å². The summed E-state index contributed by atoms with van der Waals surface area (Å²) in [7, 11) is 0. The van der Waals surface area contributed by atoms with E-state index in [-0.39, 0.29) is 5.69 Å². The van der Waals surface area contributed by atoms with Crippen LogP contribution >= 0.6 is 22.7 Å². The predicted molar refractivity (Wildman–Crippen MR) is 104 cm³/mol. The number of hydrogen-bond acceptors (Lipinski definition) is 4. The van der Waals surface area contributed by atoms with Crippen LogP contribution in [0.4, 0.5) is 18.9 Å². The first-order valence-electron chi connectivity index (χ1n) is 8.21. The number of nitrogens with one attached hydrogen (secondary N) is 2. The number of hydrogen-bond donors (Lipinski definition) is 2. The van der Waals surface area contributed by atoms with Gasteiger partial charge < -0.3 is 10.6 Å². The summed E-state index contributed by atoms with van der Waals surface area (Å²) in [5.74, 6) is -1.97. The molecule has 0 bridgehead atoms. The molecular weight excluding hydrogens is 393 g/mol. The summed E-state index contributed by atoms with van der Waals surface area (Å²) in [6.45, 7) is 1.68. The lowest BCUT2D eigenvalue weighted by Gasteiger charge is -2.08. The zero-order valence-electron chi connectivity index (χ0n) is 14.2. The first kappa shape index (κ1) is 19.6. The summed E-state index contributed by atoms with van der Waals surface area (Å²) in [6, 6.07) is 12.6. The monoisotopic (exact) mass is 410 g/mol. The van der Waals surface area contributed by atoms with Gasteiger partial charge in [0.15, 0.2) is 0 Å². The summed E-state index contributed by atoms with van der Waals surface area (Å²) in [5.41, 5.74) is 2.01. The van der Waals surface area contributed by atoms with Gasteiger partial charge in [-0.25, -0.2) is 0 Å². The van der Waals surface area contributed by atoms with Gasteiger partial charge in [-0.2, -0.15) is 13.2 Å². The van der Waals surface area contributed by atoms with Crippen molar-refractivity contribution in [3.8, 4) is 11.1 Å². The van der Waals surface area contributed by atoms with E-state index < -0.39 is 12.1 Å². The van der Waals surface area contributed by atoms with Crippen molar-refractivity contribution in [2.45, 2.75) is 19.1 Å². The average molecular weight is 410 g/mol. The van der Waals surface area contributed by atoms with E-state index in [0.29, 0.717) is 0 Å². The van der Waals surface area contributed by atoms with Crippen molar-refractivity contribution in [1.29, 1.82) is 0 Å². The Balaban J connectivity index is 1.52. The van der Waals surface area contributed by atoms with Gasteiger partial charge in [-0.15, -0.1) is 22.7 Å². The van der Waals surface area contributed by atoms with Crippen molar-refractivity contribution in [3.05, 3.63) is 63.0 Å². The van der Waals surface area contributed by atoms with Crippen molar-refractivity contribution < 1.29 is 18.0 Å². The third-order valence-corrected chi connectivity index (χ3v) is 5.69. The molecule has 2 aromatic heterocycles. The molecule has 2 heterocycles. The minimum atomic E-state index is -4.89. The minimum absolute atomic E-state index is 0.117. The Morgan fingerprint density at radius 2 is 1.78 bits per heavy atom. The second kappa shape index (κ2) is 8.69. The topological polar surface area (TPSA) is 41.1 Å². The molecule has 3 nitrogen and oxygen atoms in total. The highest BCUT2D eigenvalue weighted by atomic mass is 32.1. The SMILES string of the molecule is O=C(Nc1ccc(-c2csc(CNCCc3cccs3)c2)cc1)C(F)(F)F. The summed E-state index contributed by atoms with van der Waals surface area (Å²) in [4.78, 5) is 13.5.